The summed E-state index contributed by atoms with van der Waals surface area (Å²) < 4.78 is 6.95. The summed E-state index contributed by atoms with van der Waals surface area (Å²) in [5.41, 5.74) is 0.877. The Bertz CT molecular complexity index is 772. The van der Waals surface area contributed by atoms with Crippen LogP contribution in [0.1, 0.15) is 10.5 Å². The topological polar surface area (TPSA) is 81.9 Å². The van der Waals surface area contributed by atoms with Gasteiger partial charge in [0.25, 0.3) is 5.91 Å². The fraction of sp³-hybridized carbons (Fsp3) is 0.0667. The van der Waals surface area contributed by atoms with Gasteiger partial charge >= 0.3 is 0 Å². The highest BCUT2D eigenvalue weighted by Gasteiger charge is 2.13. The molecule has 110 valence electrons. The monoisotopic (exact) mass is 295 g/mol. The van der Waals surface area contributed by atoms with Crippen molar-refractivity contribution in [1.29, 1.82) is 0 Å². The maximum Gasteiger partial charge on any atom is 0.274 e. The Balaban J connectivity index is 1.91. The van der Waals surface area contributed by atoms with Crippen molar-refractivity contribution < 1.29 is 9.53 Å². The molecule has 0 fully saturated rings. The summed E-state index contributed by atoms with van der Waals surface area (Å²) in [6.45, 7) is 0. The van der Waals surface area contributed by atoms with E-state index in [9.17, 15) is 4.79 Å². The van der Waals surface area contributed by atoms with Crippen molar-refractivity contribution in [3.63, 3.8) is 0 Å². The minimum absolute atomic E-state index is 0.272. The smallest absolute Gasteiger partial charge is 0.274 e. The van der Waals surface area contributed by atoms with Gasteiger partial charge in [-0.15, -0.1) is 0 Å². The van der Waals surface area contributed by atoms with Gasteiger partial charge in [-0.1, -0.05) is 0 Å². The van der Waals surface area contributed by atoms with Gasteiger partial charge < -0.3 is 10.1 Å². The number of pyridine rings is 2. The fourth-order valence-electron chi connectivity index (χ4n) is 1.92. The van der Waals surface area contributed by atoms with Crippen molar-refractivity contribution in [3.05, 3.63) is 61.1 Å². The predicted octanol–water partition coefficient (Wildman–Crippen LogP) is 1.92. The molecule has 3 aromatic rings. The van der Waals surface area contributed by atoms with E-state index in [0.717, 1.165) is 0 Å². The largest absolute Gasteiger partial charge is 0.493 e. The van der Waals surface area contributed by atoms with Crippen molar-refractivity contribution in [1.82, 2.24) is 19.5 Å². The van der Waals surface area contributed by atoms with Crippen LogP contribution in [0.4, 0.5) is 5.69 Å². The molecule has 0 spiro atoms. The molecule has 22 heavy (non-hydrogen) atoms. The van der Waals surface area contributed by atoms with Crippen LogP contribution in [-0.2, 0) is 0 Å². The Morgan fingerprint density at radius 1 is 1.23 bits per heavy atom. The van der Waals surface area contributed by atoms with E-state index in [1.807, 2.05) is 0 Å². The second-order valence-corrected chi connectivity index (χ2v) is 4.39. The van der Waals surface area contributed by atoms with Gasteiger partial charge in [-0.3, -0.25) is 14.3 Å². The number of amides is 1. The lowest BCUT2D eigenvalue weighted by Gasteiger charge is -2.10. The number of ether oxygens (including phenoxy) is 1. The van der Waals surface area contributed by atoms with E-state index in [-0.39, 0.29) is 11.6 Å². The molecule has 0 unspecified atom stereocenters. The number of rotatable bonds is 4. The van der Waals surface area contributed by atoms with Crippen molar-refractivity contribution in [2.45, 2.75) is 0 Å². The number of methoxy groups -OCH3 is 1. The highest BCUT2D eigenvalue weighted by molar-refractivity contribution is 6.03. The number of hydrogen-bond acceptors (Lipinski definition) is 5. The van der Waals surface area contributed by atoms with Crippen LogP contribution in [0.25, 0.3) is 5.82 Å². The average molecular weight is 295 g/mol. The molecular formula is C15H13N5O2. The Morgan fingerprint density at radius 2 is 2.14 bits per heavy atom. The lowest BCUT2D eigenvalue weighted by Crippen LogP contribution is -2.15. The quantitative estimate of drug-likeness (QED) is 0.795. The number of nitrogens with zero attached hydrogens (tertiary/aromatic N) is 4. The average Bonchev–Trinajstić information content (AvgIpc) is 3.09. The van der Waals surface area contributed by atoms with Gasteiger partial charge in [0.2, 0.25) is 0 Å². The molecule has 0 atom stereocenters. The van der Waals surface area contributed by atoms with Gasteiger partial charge in [0.15, 0.2) is 11.6 Å². The number of imidazole rings is 1. The summed E-state index contributed by atoms with van der Waals surface area (Å²) in [4.78, 5) is 24.5. The van der Waals surface area contributed by atoms with Crippen LogP contribution in [0.5, 0.6) is 5.75 Å². The first kappa shape index (κ1) is 13.7. The normalized spacial score (nSPS) is 10.2. The highest BCUT2D eigenvalue weighted by atomic mass is 16.5. The maximum absolute atomic E-state index is 12.3. The fourth-order valence-corrected chi connectivity index (χ4v) is 1.92. The van der Waals surface area contributed by atoms with Gasteiger partial charge in [-0.2, -0.15) is 0 Å². The molecule has 7 nitrogen and oxygen atoms in total. The third-order valence-electron chi connectivity index (χ3n) is 2.96. The highest BCUT2D eigenvalue weighted by Crippen LogP contribution is 2.21. The number of carbonyl (C=O) groups is 1. The molecule has 3 rings (SSSR count). The lowest BCUT2D eigenvalue weighted by molar-refractivity contribution is 0.102. The summed E-state index contributed by atoms with van der Waals surface area (Å²) in [6, 6.07) is 6.80. The molecule has 0 aromatic carbocycles. The van der Waals surface area contributed by atoms with E-state index < -0.39 is 0 Å². The van der Waals surface area contributed by atoms with Crippen LogP contribution < -0.4 is 10.1 Å². The Hall–Kier alpha value is -3.22. The van der Waals surface area contributed by atoms with Crippen molar-refractivity contribution in [2.24, 2.45) is 0 Å². The van der Waals surface area contributed by atoms with Crippen molar-refractivity contribution >= 4 is 11.6 Å². The number of hydrogen-bond donors (Lipinski definition) is 1. The summed E-state index contributed by atoms with van der Waals surface area (Å²) >= 11 is 0. The number of carbonyl (C=O) groups excluding carboxylic acids is 1. The van der Waals surface area contributed by atoms with E-state index in [2.05, 4.69) is 20.3 Å². The van der Waals surface area contributed by atoms with Crippen molar-refractivity contribution in [3.8, 4) is 11.6 Å². The van der Waals surface area contributed by atoms with Crippen LogP contribution in [0.15, 0.2) is 55.4 Å². The molecule has 1 N–H and O–H groups in total. The third kappa shape index (κ3) is 2.78. The molecule has 0 radical (unpaired) electrons. The van der Waals surface area contributed by atoms with Crippen LogP contribution in [-0.4, -0.2) is 32.5 Å². The van der Waals surface area contributed by atoms with Gasteiger partial charge in [-0.25, -0.2) is 9.97 Å². The van der Waals surface area contributed by atoms with Gasteiger partial charge in [0.05, 0.1) is 19.0 Å². The predicted molar refractivity (Wildman–Crippen MR) is 80.1 cm³/mol. The number of anilines is 1. The second kappa shape index (κ2) is 6.04. The Kier molecular flexibility index (Phi) is 3.78. The van der Waals surface area contributed by atoms with Crippen LogP contribution in [0, 0.1) is 0 Å². The summed E-state index contributed by atoms with van der Waals surface area (Å²) in [5.74, 6) is 0.729. The van der Waals surface area contributed by atoms with E-state index in [1.54, 1.807) is 67.1 Å². The van der Waals surface area contributed by atoms with Crippen molar-refractivity contribution in [2.75, 3.05) is 12.4 Å². The van der Waals surface area contributed by atoms with E-state index >= 15 is 0 Å². The summed E-state index contributed by atoms with van der Waals surface area (Å²) in [6.07, 6.45) is 8.15. The molecule has 0 bridgehead atoms. The number of nitrogens with one attached hydrogen (secondary N) is 1. The zero-order valence-electron chi connectivity index (χ0n) is 11.8. The first-order chi connectivity index (χ1) is 10.8. The van der Waals surface area contributed by atoms with E-state index in [0.29, 0.717) is 17.3 Å². The summed E-state index contributed by atoms with van der Waals surface area (Å²) in [5, 5.41) is 2.74. The van der Waals surface area contributed by atoms with E-state index in [4.69, 9.17) is 4.74 Å². The molecule has 7 heteroatoms. The summed E-state index contributed by atoms with van der Waals surface area (Å²) in [7, 11) is 1.55. The van der Waals surface area contributed by atoms with Crippen LogP contribution in [0.3, 0.4) is 0 Å². The Labute approximate surface area is 126 Å². The standard InChI is InChI=1S/C15H13N5O2/c1-22-13-5-4-12(19-14(13)20-8-7-17-10-20)15(21)18-11-3-2-6-16-9-11/h2-10H,1H3,(H,18,21). The lowest BCUT2D eigenvalue weighted by atomic mass is 10.3. The third-order valence-corrected chi connectivity index (χ3v) is 2.96. The molecular weight excluding hydrogens is 282 g/mol. The molecule has 0 saturated heterocycles. The van der Waals surface area contributed by atoms with Gasteiger partial charge in [0.1, 0.15) is 12.0 Å². The number of aromatic nitrogens is 4. The Morgan fingerprint density at radius 3 is 2.82 bits per heavy atom. The first-order valence-electron chi connectivity index (χ1n) is 6.52. The molecule has 0 saturated carbocycles. The molecule has 3 aromatic heterocycles. The zero-order valence-corrected chi connectivity index (χ0v) is 11.8. The molecule has 1 amide bonds. The molecule has 0 aliphatic rings. The van der Waals surface area contributed by atoms with Gasteiger partial charge in [0, 0.05) is 18.6 Å². The minimum Gasteiger partial charge on any atom is -0.493 e. The van der Waals surface area contributed by atoms with E-state index in [1.165, 1.54) is 0 Å². The SMILES string of the molecule is COc1ccc(C(=O)Nc2cccnc2)nc1-n1ccnc1. The first-order valence-corrected chi connectivity index (χ1v) is 6.52. The van der Waals surface area contributed by atoms with Crippen LogP contribution >= 0.6 is 0 Å². The zero-order chi connectivity index (χ0) is 15.4. The molecule has 0 aliphatic heterocycles. The molecule has 0 aliphatic carbocycles. The second-order valence-electron chi connectivity index (χ2n) is 4.39. The maximum atomic E-state index is 12.3. The van der Waals surface area contributed by atoms with Gasteiger partial charge in [-0.05, 0) is 24.3 Å². The minimum atomic E-state index is -0.322. The van der Waals surface area contributed by atoms with Crippen LogP contribution in [0.2, 0.25) is 0 Å². The molecule has 3 heterocycles.